The van der Waals surface area contributed by atoms with Crippen LogP contribution in [0.4, 0.5) is 5.69 Å². The summed E-state index contributed by atoms with van der Waals surface area (Å²) in [5, 5.41) is 8.65. The molecule has 1 aliphatic rings. The third-order valence-corrected chi connectivity index (χ3v) is 3.93. The molecule has 0 aliphatic carbocycles. The van der Waals surface area contributed by atoms with Crippen LogP contribution in [0, 0.1) is 0 Å². The number of carboxylic acid groups (broad SMARTS) is 1. The number of nitrogens with zero attached hydrogens (tertiary/aromatic N) is 1. The molecule has 0 saturated carbocycles. The second-order valence-electron chi connectivity index (χ2n) is 5.46. The fourth-order valence-corrected chi connectivity index (χ4v) is 2.75. The monoisotopic (exact) mass is 295 g/mol. The number of hydrogen-bond donors (Lipinski definition) is 1. The smallest absolute Gasteiger partial charge is 0.303 e. The van der Waals surface area contributed by atoms with E-state index in [1.54, 1.807) is 4.90 Å². The molecule has 0 fully saturated rings. The maximum absolute atomic E-state index is 12.4. The van der Waals surface area contributed by atoms with Gasteiger partial charge in [0.1, 0.15) is 0 Å². The number of carbonyl (C=O) groups is 2. The zero-order chi connectivity index (χ0) is 15.5. The molecule has 0 aromatic heterocycles. The molecule has 112 valence electrons. The second kappa shape index (κ2) is 6.02. The first-order valence-corrected chi connectivity index (χ1v) is 7.35. The summed E-state index contributed by atoms with van der Waals surface area (Å²) in [7, 11) is 0. The standard InChI is InChI=1S/C18H17NO3/c20-17(21)7-3-4-13-8-10-15(11-9-13)19-12-14-5-1-2-6-16(14)18(19)22/h1-2,5-6,8-11H,3-4,7,12H2,(H,20,21). The molecule has 1 N–H and O–H groups in total. The number of amides is 1. The van der Waals surface area contributed by atoms with E-state index in [0.29, 0.717) is 13.0 Å². The van der Waals surface area contributed by atoms with Crippen molar-refractivity contribution in [2.75, 3.05) is 4.90 Å². The van der Waals surface area contributed by atoms with Crippen LogP contribution in [0.2, 0.25) is 0 Å². The highest BCUT2D eigenvalue weighted by atomic mass is 16.4. The van der Waals surface area contributed by atoms with Crippen molar-refractivity contribution in [2.24, 2.45) is 0 Å². The Labute approximate surface area is 129 Å². The van der Waals surface area contributed by atoms with E-state index in [-0.39, 0.29) is 12.3 Å². The van der Waals surface area contributed by atoms with Gasteiger partial charge < -0.3 is 10.0 Å². The van der Waals surface area contributed by atoms with E-state index in [0.717, 1.165) is 28.8 Å². The minimum Gasteiger partial charge on any atom is -0.481 e. The Kier molecular flexibility index (Phi) is 3.92. The number of aliphatic carboxylic acids is 1. The maximum atomic E-state index is 12.4. The van der Waals surface area contributed by atoms with Crippen LogP contribution in [0.5, 0.6) is 0 Å². The predicted molar refractivity (Wildman–Crippen MR) is 84.0 cm³/mol. The maximum Gasteiger partial charge on any atom is 0.303 e. The summed E-state index contributed by atoms with van der Waals surface area (Å²) < 4.78 is 0. The summed E-state index contributed by atoms with van der Waals surface area (Å²) in [4.78, 5) is 24.7. The van der Waals surface area contributed by atoms with Crippen molar-refractivity contribution >= 4 is 17.6 Å². The number of carboxylic acids is 1. The van der Waals surface area contributed by atoms with Gasteiger partial charge in [0.15, 0.2) is 0 Å². The van der Waals surface area contributed by atoms with Gasteiger partial charge in [0.2, 0.25) is 0 Å². The van der Waals surface area contributed by atoms with Gasteiger partial charge in [0, 0.05) is 17.7 Å². The quantitative estimate of drug-likeness (QED) is 0.921. The molecule has 3 rings (SSSR count). The van der Waals surface area contributed by atoms with Crippen molar-refractivity contribution in [3.63, 3.8) is 0 Å². The molecule has 0 spiro atoms. The van der Waals surface area contributed by atoms with E-state index in [1.165, 1.54) is 0 Å². The lowest BCUT2D eigenvalue weighted by molar-refractivity contribution is -0.137. The Morgan fingerprint density at radius 1 is 1.09 bits per heavy atom. The minimum atomic E-state index is -0.767. The molecule has 1 heterocycles. The van der Waals surface area contributed by atoms with E-state index in [4.69, 9.17) is 5.11 Å². The number of aryl methyl sites for hydroxylation is 1. The molecule has 0 bridgehead atoms. The first kappa shape index (κ1) is 14.3. The lowest BCUT2D eigenvalue weighted by Crippen LogP contribution is -2.22. The van der Waals surface area contributed by atoms with E-state index < -0.39 is 5.97 Å². The van der Waals surface area contributed by atoms with E-state index in [2.05, 4.69) is 0 Å². The molecule has 0 atom stereocenters. The van der Waals surface area contributed by atoms with E-state index >= 15 is 0 Å². The average molecular weight is 295 g/mol. The summed E-state index contributed by atoms with van der Waals surface area (Å²) in [6.45, 7) is 0.605. The molecule has 0 unspecified atom stereocenters. The first-order chi connectivity index (χ1) is 10.6. The summed E-state index contributed by atoms with van der Waals surface area (Å²) in [6.07, 6.45) is 1.55. The van der Waals surface area contributed by atoms with Gasteiger partial charge in [-0.05, 0) is 42.2 Å². The Morgan fingerprint density at radius 3 is 2.50 bits per heavy atom. The summed E-state index contributed by atoms with van der Waals surface area (Å²) in [6, 6.07) is 15.5. The number of rotatable bonds is 5. The third-order valence-electron chi connectivity index (χ3n) is 3.93. The summed E-state index contributed by atoms with van der Waals surface area (Å²) >= 11 is 0. The van der Waals surface area contributed by atoms with Gasteiger partial charge in [-0.3, -0.25) is 9.59 Å². The topological polar surface area (TPSA) is 57.6 Å². The molecule has 2 aromatic rings. The lowest BCUT2D eigenvalue weighted by Gasteiger charge is -2.16. The zero-order valence-corrected chi connectivity index (χ0v) is 12.2. The Hall–Kier alpha value is -2.62. The Morgan fingerprint density at radius 2 is 1.82 bits per heavy atom. The molecule has 2 aromatic carbocycles. The third kappa shape index (κ3) is 2.86. The van der Waals surface area contributed by atoms with Gasteiger partial charge in [-0.1, -0.05) is 30.3 Å². The molecular formula is C18H17NO3. The second-order valence-corrected chi connectivity index (χ2v) is 5.46. The number of anilines is 1. The van der Waals surface area contributed by atoms with Crippen molar-refractivity contribution in [1.29, 1.82) is 0 Å². The fourth-order valence-electron chi connectivity index (χ4n) is 2.75. The van der Waals surface area contributed by atoms with Crippen LogP contribution in [0.3, 0.4) is 0 Å². The van der Waals surface area contributed by atoms with Crippen molar-refractivity contribution < 1.29 is 14.7 Å². The highest BCUT2D eigenvalue weighted by Gasteiger charge is 2.27. The van der Waals surface area contributed by atoms with Crippen molar-refractivity contribution in [3.8, 4) is 0 Å². The van der Waals surface area contributed by atoms with Crippen molar-refractivity contribution in [1.82, 2.24) is 0 Å². The van der Waals surface area contributed by atoms with Gasteiger partial charge in [-0.15, -0.1) is 0 Å². The molecule has 4 nitrogen and oxygen atoms in total. The lowest BCUT2D eigenvalue weighted by atomic mass is 10.1. The number of benzene rings is 2. The molecular weight excluding hydrogens is 278 g/mol. The van der Waals surface area contributed by atoms with Crippen molar-refractivity contribution in [2.45, 2.75) is 25.8 Å². The van der Waals surface area contributed by atoms with E-state index in [9.17, 15) is 9.59 Å². The molecule has 0 radical (unpaired) electrons. The zero-order valence-electron chi connectivity index (χ0n) is 12.2. The van der Waals surface area contributed by atoms with Crippen LogP contribution in [-0.2, 0) is 17.8 Å². The van der Waals surface area contributed by atoms with Gasteiger partial charge in [0.05, 0.1) is 6.54 Å². The Bertz CT molecular complexity index is 707. The van der Waals surface area contributed by atoms with Gasteiger partial charge in [-0.25, -0.2) is 0 Å². The van der Waals surface area contributed by atoms with Crippen LogP contribution in [0.25, 0.3) is 0 Å². The van der Waals surface area contributed by atoms with Crippen LogP contribution >= 0.6 is 0 Å². The number of hydrogen-bond acceptors (Lipinski definition) is 2. The molecule has 1 aliphatic heterocycles. The van der Waals surface area contributed by atoms with Crippen LogP contribution in [0.1, 0.15) is 34.3 Å². The summed E-state index contributed by atoms with van der Waals surface area (Å²) in [5.41, 5.74) is 3.79. The van der Waals surface area contributed by atoms with Crippen LogP contribution in [0.15, 0.2) is 48.5 Å². The number of carbonyl (C=O) groups excluding carboxylic acids is 1. The first-order valence-electron chi connectivity index (χ1n) is 7.35. The number of fused-ring (bicyclic) bond motifs is 1. The minimum absolute atomic E-state index is 0.0363. The van der Waals surface area contributed by atoms with Crippen molar-refractivity contribution in [3.05, 3.63) is 65.2 Å². The van der Waals surface area contributed by atoms with Gasteiger partial charge in [-0.2, -0.15) is 0 Å². The highest BCUT2D eigenvalue weighted by molar-refractivity contribution is 6.09. The Balaban J connectivity index is 1.69. The predicted octanol–water partition coefficient (Wildman–Crippen LogP) is 3.25. The van der Waals surface area contributed by atoms with Crippen LogP contribution < -0.4 is 4.90 Å². The molecule has 22 heavy (non-hydrogen) atoms. The summed E-state index contributed by atoms with van der Waals surface area (Å²) in [5.74, 6) is -0.730. The molecule has 4 heteroatoms. The molecule has 0 saturated heterocycles. The highest BCUT2D eigenvalue weighted by Crippen LogP contribution is 2.28. The van der Waals surface area contributed by atoms with Gasteiger partial charge >= 0.3 is 5.97 Å². The van der Waals surface area contributed by atoms with Crippen LogP contribution in [-0.4, -0.2) is 17.0 Å². The average Bonchev–Trinajstić information content (AvgIpc) is 2.85. The molecule has 1 amide bonds. The SMILES string of the molecule is O=C(O)CCCc1ccc(N2Cc3ccccc3C2=O)cc1. The normalized spacial score (nSPS) is 13.3. The van der Waals surface area contributed by atoms with Gasteiger partial charge in [0.25, 0.3) is 5.91 Å². The van der Waals surface area contributed by atoms with E-state index in [1.807, 2.05) is 48.5 Å². The largest absolute Gasteiger partial charge is 0.481 e. The fraction of sp³-hybridized carbons (Fsp3) is 0.222.